The van der Waals surface area contributed by atoms with Crippen LogP contribution < -0.4 is 11.1 Å². The van der Waals surface area contributed by atoms with Crippen molar-refractivity contribution in [1.82, 2.24) is 10.2 Å². The topological polar surface area (TPSA) is 75.4 Å². The molecule has 1 aromatic rings. The molecule has 0 aliphatic rings. The highest BCUT2D eigenvalue weighted by atomic mass is 35.5. The van der Waals surface area contributed by atoms with Crippen molar-refractivity contribution in [2.45, 2.75) is 13.8 Å². The van der Waals surface area contributed by atoms with Crippen LogP contribution in [0.15, 0.2) is 18.2 Å². The zero-order valence-corrected chi connectivity index (χ0v) is 12.7. The number of hydrogen-bond acceptors (Lipinski definition) is 3. The quantitative estimate of drug-likeness (QED) is 0.813. The van der Waals surface area contributed by atoms with E-state index in [2.05, 4.69) is 5.32 Å². The van der Waals surface area contributed by atoms with E-state index < -0.39 is 0 Å². The van der Waals surface area contributed by atoms with E-state index in [9.17, 15) is 9.59 Å². The van der Waals surface area contributed by atoms with Gasteiger partial charge in [0.25, 0.3) is 5.91 Å². The second kappa shape index (κ2) is 7.14. The zero-order chi connectivity index (χ0) is 15.3. The fourth-order valence-corrected chi connectivity index (χ4v) is 1.79. The van der Waals surface area contributed by atoms with Crippen LogP contribution in [-0.4, -0.2) is 36.9 Å². The fraction of sp³-hybridized carbons (Fsp3) is 0.429. The Morgan fingerprint density at radius 1 is 1.40 bits per heavy atom. The third-order valence-corrected chi connectivity index (χ3v) is 3.12. The molecule has 110 valence electrons. The number of benzene rings is 1. The summed E-state index contributed by atoms with van der Waals surface area (Å²) in [4.78, 5) is 25.2. The van der Waals surface area contributed by atoms with Crippen LogP contribution in [0.5, 0.6) is 0 Å². The predicted octanol–water partition coefficient (Wildman–Crippen LogP) is 1.77. The van der Waals surface area contributed by atoms with Gasteiger partial charge < -0.3 is 16.0 Å². The van der Waals surface area contributed by atoms with Crippen LogP contribution in [0.2, 0.25) is 5.02 Å². The Kier molecular flexibility index (Phi) is 5.82. The summed E-state index contributed by atoms with van der Waals surface area (Å²) in [5, 5.41) is 2.97. The summed E-state index contributed by atoms with van der Waals surface area (Å²) in [5.41, 5.74) is 6.30. The first-order valence-electron chi connectivity index (χ1n) is 6.39. The number of halogens is 1. The van der Waals surface area contributed by atoms with E-state index in [1.54, 1.807) is 25.2 Å². The minimum absolute atomic E-state index is 0.0172. The highest BCUT2D eigenvalue weighted by molar-refractivity contribution is 6.36. The Morgan fingerprint density at radius 2 is 2.05 bits per heavy atom. The first kappa shape index (κ1) is 16.3. The van der Waals surface area contributed by atoms with Crippen molar-refractivity contribution in [3.8, 4) is 0 Å². The number of carbonyl (C=O) groups excluding carboxylic acids is 2. The molecule has 0 heterocycles. The van der Waals surface area contributed by atoms with Crippen molar-refractivity contribution in [2.24, 2.45) is 5.92 Å². The molecule has 0 atom stereocenters. The molecule has 0 spiro atoms. The first-order chi connectivity index (χ1) is 9.32. The minimum Gasteiger partial charge on any atom is -0.398 e. The molecule has 1 aromatic carbocycles. The van der Waals surface area contributed by atoms with E-state index >= 15 is 0 Å². The molecular formula is C14H20ClN3O2. The molecule has 0 fully saturated rings. The summed E-state index contributed by atoms with van der Waals surface area (Å²) in [7, 11) is 1.55. The molecule has 6 heteroatoms. The average molecular weight is 298 g/mol. The van der Waals surface area contributed by atoms with Crippen molar-refractivity contribution in [3.63, 3.8) is 0 Å². The maximum absolute atomic E-state index is 12.2. The summed E-state index contributed by atoms with van der Waals surface area (Å²) in [5.74, 6) is -0.167. The number of nitrogens with one attached hydrogen (secondary N) is 1. The first-order valence-corrected chi connectivity index (χ1v) is 6.76. The van der Waals surface area contributed by atoms with Gasteiger partial charge >= 0.3 is 0 Å². The lowest BCUT2D eigenvalue weighted by molar-refractivity contribution is -0.121. The second-order valence-corrected chi connectivity index (χ2v) is 5.45. The zero-order valence-electron chi connectivity index (χ0n) is 11.9. The monoisotopic (exact) mass is 297 g/mol. The number of amides is 2. The van der Waals surface area contributed by atoms with Gasteiger partial charge in [0.05, 0.1) is 22.8 Å². The number of rotatable bonds is 5. The van der Waals surface area contributed by atoms with Gasteiger partial charge in [-0.3, -0.25) is 9.59 Å². The Hall–Kier alpha value is -1.75. The molecule has 3 N–H and O–H groups in total. The van der Waals surface area contributed by atoms with Gasteiger partial charge in [0.2, 0.25) is 5.91 Å². The molecular weight excluding hydrogens is 278 g/mol. The maximum Gasteiger partial charge on any atom is 0.255 e. The molecule has 0 bridgehead atoms. The molecule has 0 unspecified atom stereocenters. The van der Waals surface area contributed by atoms with Crippen LogP contribution in [0.3, 0.4) is 0 Å². The van der Waals surface area contributed by atoms with Gasteiger partial charge in [-0.25, -0.2) is 0 Å². The molecule has 1 rings (SSSR count). The van der Waals surface area contributed by atoms with Crippen LogP contribution in [0, 0.1) is 5.92 Å². The van der Waals surface area contributed by atoms with Crippen LogP contribution in [-0.2, 0) is 4.79 Å². The molecule has 0 aliphatic heterocycles. The molecule has 2 amide bonds. The van der Waals surface area contributed by atoms with Gasteiger partial charge in [-0.2, -0.15) is 0 Å². The third-order valence-electron chi connectivity index (χ3n) is 2.69. The third kappa shape index (κ3) is 4.42. The van der Waals surface area contributed by atoms with Crippen molar-refractivity contribution >= 4 is 29.1 Å². The number of nitrogens with two attached hydrogens (primary N) is 1. The number of anilines is 1. The van der Waals surface area contributed by atoms with Gasteiger partial charge in [-0.05, 0) is 18.1 Å². The Bertz CT molecular complexity index is 503. The van der Waals surface area contributed by atoms with Gasteiger partial charge in [-0.1, -0.05) is 31.5 Å². The van der Waals surface area contributed by atoms with Crippen LogP contribution in [0.25, 0.3) is 0 Å². The molecule has 0 saturated heterocycles. The van der Waals surface area contributed by atoms with Crippen molar-refractivity contribution in [2.75, 3.05) is 25.9 Å². The number of likely N-dealkylation sites (N-methyl/N-ethyl adjacent to an activating group) is 1. The van der Waals surface area contributed by atoms with E-state index in [1.165, 1.54) is 4.90 Å². The average Bonchev–Trinajstić information content (AvgIpc) is 2.38. The molecule has 0 aliphatic carbocycles. The largest absolute Gasteiger partial charge is 0.398 e. The summed E-state index contributed by atoms with van der Waals surface area (Å²) in [6, 6.07) is 4.86. The fourth-order valence-electron chi connectivity index (χ4n) is 1.58. The number of nitrogen functional groups attached to an aromatic ring is 1. The molecule has 20 heavy (non-hydrogen) atoms. The highest BCUT2D eigenvalue weighted by Crippen LogP contribution is 2.23. The predicted molar refractivity (Wildman–Crippen MR) is 80.7 cm³/mol. The Morgan fingerprint density at radius 3 is 2.65 bits per heavy atom. The SMILES string of the molecule is CC(C)CNC(=O)CN(C)C(=O)c1cccc(N)c1Cl. The number of carbonyl (C=O) groups is 2. The van der Waals surface area contributed by atoms with E-state index in [1.807, 2.05) is 13.8 Å². The van der Waals surface area contributed by atoms with E-state index in [4.69, 9.17) is 17.3 Å². The molecule has 0 radical (unpaired) electrons. The second-order valence-electron chi connectivity index (χ2n) is 5.07. The standard InChI is InChI=1S/C14H20ClN3O2/c1-9(2)7-17-12(19)8-18(3)14(20)10-5-4-6-11(16)13(10)15/h4-6,9H,7-8,16H2,1-3H3,(H,17,19). The highest BCUT2D eigenvalue weighted by Gasteiger charge is 2.18. The molecule has 0 aromatic heterocycles. The summed E-state index contributed by atoms with van der Waals surface area (Å²) in [6.07, 6.45) is 0. The van der Waals surface area contributed by atoms with E-state index in [-0.39, 0.29) is 23.4 Å². The maximum atomic E-state index is 12.2. The van der Waals surface area contributed by atoms with Crippen LogP contribution in [0.4, 0.5) is 5.69 Å². The number of nitrogens with zero attached hydrogens (tertiary/aromatic N) is 1. The van der Waals surface area contributed by atoms with E-state index in [0.717, 1.165) is 0 Å². The summed E-state index contributed by atoms with van der Waals surface area (Å²) < 4.78 is 0. The van der Waals surface area contributed by atoms with Crippen molar-refractivity contribution in [1.29, 1.82) is 0 Å². The van der Waals surface area contributed by atoms with Crippen LogP contribution in [0.1, 0.15) is 24.2 Å². The summed E-state index contributed by atoms with van der Waals surface area (Å²) >= 11 is 6.00. The van der Waals surface area contributed by atoms with Crippen molar-refractivity contribution < 1.29 is 9.59 Å². The van der Waals surface area contributed by atoms with Gasteiger partial charge in [0.15, 0.2) is 0 Å². The van der Waals surface area contributed by atoms with E-state index in [0.29, 0.717) is 23.7 Å². The van der Waals surface area contributed by atoms with Gasteiger partial charge in [-0.15, -0.1) is 0 Å². The molecule has 0 saturated carbocycles. The van der Waals surface area contributed by atoms with Gasteiger partial charge in [0, 0.05) is 13.6 Å². The van der Waals surface area contributed by atoms with Gasteiger partial charge in [0.1, 0.15) is 0 Å². The lowest BCUT2D eigenvalue weighted by Crippen LogP contribution is -2.39. The normalized spacial score (nSPS) is 10.4. The minimum atomic E-state index is -0.331. The van der Waals surface area contributed by atoms with Crippen LogP contribution >= 0.6 is 11.6 Å². The Balaban J connectivity index is 2.67. The smallest absolute Gasteiger partial charge is 0.255 e. The Labute approximate surface area is 124 Å². The number of hydrogen-bond donors (Lipinski definition) is 2. The molecule has 5 nitrogen and oxygen atoms in total. The summed E-state index contributed by atoms with van der Waals surface area (Å²) in [6.45, 7) is 4.57. The lowest BCUT2D eigenvalue weighted by Gasteiger charge is -2.18. The lowest BCUT2D eigenvalue weighted by atomic mass is 10.1. The van der Waals surface area contributed by atoms with Crippen molar-refractivity contribution in [3.05, 3.63) is 28.8 Å².